The molecule has 0 aromatic heterocycles. The largest absolute Gasteiger partial charge is 0.277 e. The van der Waals surface area contributed by atoms with Crippen molar-refractivity contribution in [3.8, 4) is 0 Å². The molecule has 2 heterocycles. The molecule has 1 saturated heterocycles. The quantitative estimate of drug-likeness (QED) is 0.729. The molecule has 0 aromatic rings. The third-order valence-corrected chi connectivity index (χ3v) is 5.12. The number of nitrogens with zero attached hydrogens (tertiary/aromatic N) is 2. The molecule has 1 saturated carbocycles. The zero-order chi connectivity index (χ0) is 15.9. The van der Waals surface area contributed by atoms with Crippen LogP contribution in [0.2, 0.25) is 0 Å². The van der Waals surface area contributed by atoms with Gasteiger partial charge in [-0.15, -0.1) is 0 Å². The van der Waals surface area contributed by atoms with Gasteiger partial charge in [0.2, 0.25) is 11.8 Å². The van der Waals surface area contributed by atoms with Crippen LogP contribution in [-0.2, 0) is 19.2 Å². The monoisotopic (exact) mass is 304 g/mol. The maximum Gasteiger partial charge on any atom is 0.253 e. The first-order valence-corrected chi connectivity index (χ1v) is 7.80. The second-order valence-electron chi connectivity index (χ2n) is 6.68. The lowest BCUT2D eigenvalue weighted by Gasteiger charge is -2.43. The van der Waals surface area contributed by atoms with E-state index in [1.807, 2.05) is 6.92 Å². The van der Waals surface area contributed by atoms with Crippen LogP contribution in [0.4, 0.5) is 0 Å². The van der Waals surface area contributed by atoms with Gasteiger partial charge >= 0.3 is 0 Å². The summed E-state index contributed by atoms with van der Waals surface area (Å²) in [5.41, 5.74) is -0.404. The van der Waals surface area contributed by atoms with Crippen LogP contribution in [0.1, 0.15) is 45.4 Å². The first-order valence-electron chi connectivity index (χ1n) is 7.80. The molecule has 0 bridgehead atoms. The number of likely N-dealkylation sites (tertiary alicyclic amines) is 1. The van der Waals surface area contributed by atoms with Crippen molar-refractivity contribution in [2.24, 2.45) is 5.92 Å². The van der Waals surface area contributed by atoms with Crippen LogP contribution >= 0.6 is 0 Å². The molecule has 0 unspecified atom stereocenters. The summed E-state index contributed by atoms with van der Waals surface area (Å²) >= 11 is 0. The van der Waals surface area contributed by atoms with Crippen molar-refractivity contribution in [2.45, 2.75) is 51.0 Å². The van der Waals surface area contributed by atoms with E-state index in [-0.39, 0.29) is 29.5 Å². The molecule has 1 aliphatic carbocycles. The summed E-state index contributed by atoms with van der Waals surface area (Å²) in [6.45, 7) is 2.40. The Morgan fingerprint density at radius 1 is 1.00 bits per heavy atom. The lowest BCUT2D eigenvalue weighted by Crippen LogP contribution is -2.52. The summed E-state index contributed by atoms with van der Waals surface area (Å²) in [5, 5.41) is 0. The summed E-state index contributed by atoms with van der Waals surface area (Å²) in [7, 11) is 0. The van der Waals surface area contributed by atoms with Gasteiger partial charge in [-0.25, -0.2) is 0 Å². The van der Waals surface area contributed by atoms with E-state index in [0.29, 0.717) is 19.4 Å². The summed E-state index contributed by atoms with van der Waals surface area (Å²) < 4.78 is 0. The van der Waals surface area contributed by atoms with Gasteiger partial charge in [-0.05, 0) is 38.5 Å². The van der Waals surface area contributed by atoms with Gasteiger partial charge in [0, 0.05) is 37.1 Å². The van der Waals surface area contributed by atoms with Crippen molar-refractivity contribution in [1.29, 1.82) is 0 Å². The molecule has 0 radical (unpaired) electrons. The van der Waals surface area contributed by atoms with Gasteiger partial charge in [0.05, 0.1) is 0 Å². The Morgan fingerprint density at radius 2 is 1.50 bits per heavy atom. The van der Waals surface area contributed by atoms with E-state index in [4.69, 9.17) is 0 Å². The van der Waals surface area contributed by atoms with Crippen molar-refractivity contribution in [3.05, 3.63) is 12.2 Å². The Kier molecular flexibility index (Phi) is 3.62. The van der Waals surface area contributed by atoms with Crippen LogP contribution < -0.4 is 0 Å². The fourth-order valence-corrected chi connectivity index (χ4v) is 3.75. The fourth-order valence-electron chi connectivity index (χ4n) is 3.75. The lowest BCUT2D eigenvalue weighted by molar-refractivity contribution is -0.146. The summed E-state index contributed by atoms with van der Waals surface area (Å²) in [6, 6.07) is 0. The van der Waals surface area contributed by atoms with Crippen LogP contribution in [0.25, 0.3) is 0 Å². The van der Waals surface area contributed by atoms with Crippen molar-refractivity contribution in [3.63, 3.8) is 0 Å². The molecule has 6 heteroatoms. The molecule has 6 nitrogen and oxygen atoms in total. The maximum absolute atomic E-state index is 11.9. The highest BCUT2D eigenvalue weighted by molar-refractivity contribution is 6.12. The Bertz CT molecular complexity index is 539. The molecular formula is C16H20N2O4. The van der Waals surface area contributed by atoms with Crippen molar-refractivity contribution >= 4 is 23.6 Å². The fraction of sp³-hybridized carbons (Fsp3) is 0.625. The van der Waals surface area contributed by atoms with Crippen LogP contribution in [0.3, 0.4) is 0 Å². The van der Waals surface area contributed by atoms with Gasteiger partial charge in [0.25, 0.3) is 11.8 Å². The molecular weight excluding hydrogens is 284 g/mol. The Morgan fingerprint density at radius 3 is 2.00 bits per heavy atom. The smallest absolute Gasteiger partial charge is 0.253 e. The molecule has 0 spiro atoms. The molecule has 2 fully saturated rings. The number of amides is 4. The first kappa shape index (κ1) is 14.9. The average molecular weight is 304 g/mol. The zero-order valence-corrected chi connectivity index (χ0v) is 12.7. The predicted molar refractivity (Wildman–Crippen MR) is 77.3 cm³/mol. The molecule has 3 aliphatic rings. The number of carbonyl (C=O) groups excluding carboxylic acids is 4. The zero-order valence-electron chi connectivity index (χ0n) is 12.7. The molecule has 4 amide bonds. The first-order chi connectivity index (χ1) is 10.4. The number of rotatable bonds is 3. The highest BCUT2D eigenvalue weighted by Gasteiger charge is 2.45. The van der Waals surface area contributed by atoms with Gasteiger partial charge in [-0.1, -0.05) is 0 Å². The van der Waals surface area contributed by atoms with E-state index in [1.54, 1.807) is 0 Å². The van der Waals surface area contributed by atoms with E-state index in [0.717, 1.165) is 25.7 Å². The highest BCUT2D eigenvalue weighted by Crippen LogP contribution is 2.39. The van der Waals surface area contributed by atoms with Crippen LogP contribution in [0.15, 0.2) is 12.2 Å². The molecule has 118 valence electrons. The van der Waals surface area contributed by atoms with Gasteiger partial charge in [-0.2, -0.15) is 0 Å². The highest BCUT2D eigenvalue weighted by atomic mass is 16.2. The SMILES string of the molecule is CC1(N2C(=O)CCC2=O)CCC(CN2C(=O)C=CC2=O)CC1. The summed E-state index contributed by atoms with van der Waals surface area (Å²) in [6.07, 6.45) is 6.33. The van der Waals surface area contributed by atoms with Crippen LogP contribution in [0.5, 0.6) is 0 Å². The van der Waals surface area contributed by atoms with Crippen molar-refractivity contribution in [2.75, 3.05) is 6.54 Å². The third-order valence-electron chi connectivity index (χ3n) is 5.12. The van der Waals surface area contributed by atoms with Crippen LogP contribution in [-0.4, -0.2) is 45.5 Å². The van der Waals surface area contributed by atoms with Gasteiger partial charge in [-0.3, -0.25) is 29.0 Å². The number of imide groups is 2. The molecule has 3 rings (SSSR count). The van der Waals surface area contributed by atoms with Gasteiger partial charge in [0.1, 0.15) is 0 Å². The standard InChI is InChI=1S/C16H20N2O4/c1-16(18-14(21)4-5-15(18)22)8-6-11(7-9-16)10-17-12(19)2-3-13(17)20/h2-3,11H,4-10H2,1H3. The van der Waals surface area contributed by atoms with E-state index in [2.05, 4.69) is 0 Å². The second kappa shape index (κ2) is 5.34. The normalized spacial score (nSPS) is 32.5. The van der Waals surface area contributed by atoms with Crippen molar-refractivity contribution in [1.82, 2.24) is 9.80 Å². The van der Waals surface area contributed by atoms with Crippen molar-refractivity contribution < 1.29 is 19.2 Å². The number of hydrogen-bond donors (Lipinski definition) is 0. The van der Waals surface area contributed by atoms with Gasteiger partial charge < -0.3 is 0 Å². The minimum Gasteiger partial charge on any atom is -0.277 e. The van der Waals surface area contributed by atoms with Gasteiger partial charge in [0.15, 0.2) is 0 Å². The Hall–Kier alpha value is -1.98. The molecule has 2 aliphatic heterocycles. The number of hydrogen-bond acceptors (Lipinski definition) is 4. The molecule has 0 aromatic carbocycles. The topological polar surface area (TPSA) is 74.8 Å². The Labute approximate surface area is 129 Å². The predicted octanol–water partition coefficient (Wildman–Crippen LogP) is 1.01. The molecule has 0 atom stereocenters. The minimum absolute atomic E-state index is 0.0694. The summed E-state index contributed by atoms with van der Waals surface area (Å²) in [4.78, 5) is 49.8. The summed E-state index contributed by atoms with van der Waals surface area (Å²) in [5.74, 6) is -0.389. The molecule has 0 N–H and O–H groups in total. The third kappa shape index (κ3) is 2.46. The van der Waals surface area contributed by atoms with E-state index >= 15 is 0 Å². The number of carbonyl (C=O) groups is 4. The molecule has 22 heavy (non-hydrogen) atoms. The van der Waals surface area contributed by atoms with E-state index in [9.17, 15) is 19.2 Å². The van der Waals surface area contributed by atoms with E-state index < -0.39 is 5.54 Å². The van der Waals surface area contributed by atoms with Crippen LogP contribution in [0, 0.1) is 5.92 Å². The maximum atomic E-state index is 11.9. The average Bonchev–Trinajstić information content (AvgIpc) is 2.98. The lowest BCUT2D eigenvalue weighted by atomic mass is 9.76. The van der Waals surface area contributed by atoms with E-state index in [1.165, 1.54) is 22.0 Å². The minimum atomic E-state index is -0.404. The Balaban J connectivity index is 1.60. The second-order valence-corrected chi connectivity index (χ2v) is 6.68.